The minimum atomic E-state index is -0.513. The Labute approximate surface area is 167 Å². The number of carbonyl (C=O) groups is 2. The summed E-state index contributed by atoms with van der Waals surface area (Å²) in [5, 5.41) is 6.61. The second-order valence-electron chi connectivity index (χ2n) is 6.07. The second-order valence-corrected chi connectivity index (χ2v) is 6.91. The van der Waals surface area contributed by atoms with Crippen molar-refractivity contribution in [2.75, 3.05) is 25.0 Å². The van der Waals surface area contributed by atoms with Crippen molar-refractivity contribution in [2.24, 2.45) is 0 Å². The Balaban J connectivity index is 1.56. The summed E-state index contributed by atoms with van der Waals surface area (Å²) in [5.41, 5.74) is 0.312. The molecule has 2 heterocycles. The third-order valence-electron chi connectivity index (χ3n) is 4.25. The van der Waals surface area contributed by atoms with Crippen molar-refractivity contribution < 1.29 is 9.59 Å². The standard InChI is InChI=1S/C18H19Cl2N5O2/c19-12-4-5-14(20)13(11-12)17(27)25-10-1-3-15(25)16(26)21-8-9-24-18-22-6-2-7-23-18/h2,4-7,11,15H,1,3,8-10H2,(H,21,26)(H,22,23,24)/t15-/m1/s1. The average Bonchev–Trinajstić information content (AvgIpc) is 3.17. The molecular formula is C18H19Cl2N5O2. The molecule has 2 amide bonds. The highest BCUT2D eigenvalue weighted by Crippen LogP contribution is 2.26. The van der Waals surface area contributed by atoms with Crippen molar-refractivity contribution in [1.82, 2.24) is 20.2 Å². The maximum Gasteiger partial charge on any atom is 0.256 e. The number of amides is 2. The molecule has 0 saturated carbocycles. The van der Waals surface area contributed by atoms with Crippen LogP contribution < -0.4 is 10.6 Å². The van der Waals surface area contributed by atoms with Crippen LogP contribution in [0, 0.1) is 0 Å². The Bertz CT molecular complexity index is 819. The van der Waals surface area contributed by atoms with Gasteiger partial charge in [-0.05, 0) is 37.1 Å². The average molecular weight is 408 g/mol. The zero-order valence-electron chi connectivity index (χ0n) is 14.5. The molecule has 9 heteroatoms. The van der Waals surface area contributed by atoms with Gasteiger partial charge >= 0.3 is 0 Å². The van der Waals surface area contributed by atoms with Gasteiger partial charge in [-0.3, -0.25) is 9.59 Å². The van der Waals surface area contributed by atoms with E-state index in [1.54, 1.807) is 35.5 Å². The fourth-order valence-electron chi connectivity index (χ4n) is 2.97. The lowest BCUT2D eigenvalue weighted by Gasteiger charge is -2.24. The number of carbonyl (C=O) groups excluding carboxylic acids is 2. The van der Waals surface area contributed by atoms with Crippen molar-refractivity contribution in [3.63, 3.8) is 0 Å². The predicted molar refractivity (Wildman–Crippen MR) is 104 cm³/mol. The van der Waals surface area contributed by atoms with Crippen LogP contribution in [0.4, 0.5) is 5.95 Å². The van der Waals surface area contributed by atoms with E-state index in [4.69, 9.17) is 23.2 Å². The monoisotopic (exact) mass is 407 g/mol. The summed E-state index contributed by atoms with van der Waals surface area (Å²) in [4.78, 5) is 35.0. The van der Waals surface area contributed by atoms with E-state index >= 15 is 0 Å². The molecule has 1 aliphatic heterocycles. The lowest BCUT2D eigenvalue weighted by atomic mass is 10.1. The maximum absolute atomic E-state index is 12.8. The van der Waals surface area contributed by atoms with Gasteiger partial charge in [-0.25, -0.2) is 9.97 Å². The highest BCUT2D eigenvalue weighted by Gasteiger charge is 2.35. The summed E-state index contributed by atoms with van der Waals surface area (Å²) in [5.74, 6) is 0.0331. The smallest absolute Gasteiger partial charge is 0.256 e. The first-order valence-electron chi connectivity index (χ1n) is 8.61. The second kappa shape index (κ2) is 9.01. The third-order valence-corrected chi connectivity index (χ3v) is 4.81. The molecule has 1 fully saturated rings. The van der Waals surface area contributed by atoms with Crippen LogP contribution in [-0.2, 0) is 4.79 Å². The first kappa shape index (κ1) is 19.4. The van der Waals surface area contributed by atoms with Crippen LogP contribution >= 0.6 is 23.2 Å². The van der Waals surface area contributed by atoms with Gasteiger partial charge in [0.15, 0.2) is 0 Å². The number of nitrogens with one attached hydrogen (secondary N) is 2. The molecule has 2 aromatic rings. The van der Waals surface area contributed by atoms with Crippen molar-refractivity contribution >= 4 is 41.0 Å². The van der Waals surface area contributed by atoms with Crippen molar-refractivity contribution in [3.05, 3.63) is 52.3 Å². The quantitative estimate of drug-likeness (QED) is 0.718. The van der Waals surface area contributed by atoms with Gasteiger partial charge in [-0.2, -0.15) is 0 Å². The Kier molecular flexibility index (Phi) is 6.47. The number of hydrogen-bond donors (Lipinski definition) is 2. The van der Waals surface area contributed by atoms with E-state index < -0.39 is 6.04 Å². The Morgan fingerprint density at radius 2 is 1.96 bits per heavy atom. The molecule has 2 N–H and O–H groups in total. The first-order valence-corrected chi connectivity index (χ1v) is 9.36. The number of likely N-dealkylation sites (tertiary alicyclic amines) is 1. The van der Waals surface area contributed by atoms with Gasteiger partial charge < -0.3 is 15.5 Å². The van der Waals surface area contributed by atoms with Crippen LogP contribution in [0.25, 0.3) is 0 Å². The summed E-state index contributed by atoms with van der Waals surface area (Å²) in [6.07, 6.45) is 4.65. The van der Waals surface area contributed by atoms with Gasteiger partial charge in [0.25, 0.3) is 5.91 Å². The van der Waals surface area contributed by atoms with Crippen LogP contribution in [0.1, 0.15) is 23.2 Å². The Morgan fingerprint density at radius 3 is 2.74 bits per heavy atom. The third kappa shape index (κ3) is 4.87. The van der Waals surface area contributed by atoms with Gasteiger partial charge in [-0.1, -0.05) is 23.2 Å². The van der Waals surface area contributed by atoms with Crippen LogP contribution in [0.2, 0.25) is 10.0 Å². The molecule has 27 heavy (non-hydrogen) atoms. The molecule has 1 aromatic carbocycles. The zero-order chi connectivity index (χ0) is 19.2. The molecule has 0 aliphatic carbocycles. The summed E-state index contributed by atoms with van der Waals surface area (Å²) in [6.45, 7) is 1.39. The first-order chi connectivity index (χ1) is 13.1. The Morgan fingerprint density at radius 1 is 1.19 bits per heavy atom. The fourth-order valence-corrected chi connectivity index (χ4v) is 3.34. The number of nitrogens with zero attached hydrogens (tertiary/aromatic N) is 3. The lowest BCUT2D eigenvalue weighted by molar-refractivity contribution is -0.124. The molecule has 0 bridgehead atoms. The number of aromatic nitrogens is 2. The van der Waals surface area contributed by atoms with E-state index in [-0.39, 0.29) is 11.8 Å². The lowest BCUT2D eigenvalue weighted by Crippen LogP contribution is -2.46. The molecule has 7 nitrogen and oxygen atoms in total. The fraction of sp³-hybridized carbons (Fsp3) is 0.333. The van der Waals surface area contributed by atoms with Gasteiger partial charge in [0, 0.05) is 37.1 Å². The molecule has 1 aliphatic rings. The van der Waals surface area contributed by atoms with Crippen molar-refractivity contribution in [1.29, 1.82) is 0 Å². The van der Waals surface area contributed by atoms with Gasteiger partial charge in [0.05, 0.1) is 10.6 Å². The molecule has 0 unspecified atom stereocenters. The predicted octanol–water partition coefficient (Wildman–Crippen LogP) is 2.62. The summed E-state index contributed by atoms with van der Waals surface area (Å²) in [6, 6.07) is 5.95. The summed E-state index contributed by atoms with van der Waals surface area (Å²) < 4.78 is 0. The molecule has 1 aromatic heterocycles. The van der Waals surface area contributed by atoms with Crippen LogP contribution in [0.15, 0.2) is 36.7 Å². The molecular weight excluding hydrogens is 389 g/mol. The number of benzene rings is 1. The minimum absolute atomic E-state index is 0.185. The van der Waals surface area contributed by atoms with Crippen molar-refractivity contribution in [3.8, 4) is 0 Å². The molecule has 1 saturated heterocycles. The van der Waals surface area contributed by atoms with E-state index in [1.807, 2.05) is 0 Å². The van der Waals surface area contributed by atoms with Crippen molar-refractivity contribution in [2.45, 2.75) is 18.9 Å². The normalized spacial score (nSPS) is 16.2. The topological polar surface area (TPSA) is 87.2 Å². The molecule has 1 atom stereocenters. The van der Waals surface area contributed by atoms with Gasteiger partial charge in [0.2, 0.25) is 11.9 Å². The van der Waals surface area contributed by atoms with E-state index in [9.17, 15) is 9.59 Å². The van der Waals surface area contributed by atoms with E-state index in [0.717, 1.165) is 6.42 Å². The molecule has 0 spiro atoms. The number of rotatable bonds is 6. The zero-order valence-corrected chi connectivity index (χ0v) is 16.0. The largest absolute Gasteiger partial charge is 0.353 e. The molecule has 3 rings (SSSR count). The van der Waals surface area contributed by atoms with E-state index in [1.165, 1.54) is 6.07 Å². The highest BCUT2D eigenvalue weighted by molar-refractivity contribution is 6.35. The summed E-state index contributed by atoms with van der Waals surface area (Å²) in [7, 11) is 0. The van der Waals surface area contributed by atoms with Gasteiger partial charge in [0.1, 0.15) is 6.04 Å². The number of anilines is 1. The van der Waals surface area contributed by atoms with Gasteiger partial charge in [-0.15, -0.1) is 0 Å². The van der Waals surface area contributed by atoms with Crippen LogP contribution in [-0.4, -0.2) is 52.4 Å². The molecule has 142 valence electrons. The number of halogens is 2. The number of hydrogen-bond acceptors (Lipinski definition) is 5. The minimum Gasteiger partial charge on any atom is -0.353 e. The molecule has 0 radical (unpaired) electrons. The van der Waals surface area contributed by atoms with Crippen LogP contribution in [0.3, 0.4) is 0 Å². The maximum atomic E-state index is 12.8. The van der Waals surface area contributed by atoms with Crippen LogP contribution in [0.5, 0.6) is 0 Å². The summed E-state index contributed by atoms with van der Waals surface area (Å²) >= 11 is 12.1. The van der Waals surface area contributed by atoms with E-state index in [2.05, 4.69) is 20.6 Å². The Hall–Kier alpha value is -2.38. The SMILES string of the molecule is O=C(NCCNc1ncccn1)[C@H]1CCCN1C(=O)c1cc(Cl)ccc1Cl. The van der Waals surface area contributed by atoms with E-state index in [0.29, 0.717) is 47.6 Å². The highest BCUT2D eigenvalue weighted by atomic mass is 35.5.